The van der Waals surface area contributed by atoms with Crippen molar-refractivity contribution >= 4 is 11.8 Å². The fourth-order valence-electron chi connectivity index (χ4n) is 5.07. The number of hydrogen-bond donors (Lipinski definition) is 2. The third kappa shape index (κ3) is 5.78. The molecule has 1 saturated heterocycles. The van der Waals surface area contributed by atoms with Crippen LogP contribution in [0.25, 0.3) is 0 Å². The number of rotatable bonds is 12. The van der Waals surface area contributed by atoms with Crippen molar-refractivity contribution in [2.45, 2.75) is 109 Å². The van der Waals surface area contributed by atoms with Gasteiger partial charge in [-0.1, -0.05) is 46.5 Å². The molecule has 0 aromatic rings. The average Bonchev–Trinajstić information content (AvgIpc) is 2.96. The van der Waals surface area contributed by atoms with E-state index in [2.05, 4.69) is 0 Å². The summed E-state index contributed by atoms with van der Waals surface area (Å²) in [5.41, 5.74) is 0. The van der Waals surface area contributed by atoms with Gasteiger partial charge in [-0.3, -0.25) is 9.59 Å². The van der Waals surface area contributed by atoms with Crippen LogP contribution in [0.2, 0.25) is 0 Å². The molecule has 0 aromatic carbocycles. The largest absolute Gasteiger partial charge is 0.481 e. The Kier molecular flexibility index (Phi) is 8.80. The van der Waals surface area contributed by atoms with E-state index in [1.807, 2.05) is 20.8 Å². The molecule has 7 heteroatoms. The number of Topliss-reactive ketones (excluding diaryl/α,β-unsaturated/α-hetero) is 1. The van der Waals surface area contributed by atoms with E-state index in [1.54, 1.807) is 0 Å². The van der Waals surface area contributed by atoms with Crippen molar-refractivity contribution in [2.75, 3.05) is 0 Å². The lowest BCUT2D eigenvalue weighted by Gasteiger charge is -2.43. The number of carboxylic acids is 1. The Morgan fingerprint density at radius 1 is 1.27 bits per heavy atom. The van der Waals surface area contributed by atoms with E-state index < -0.39 is 30.2 Å². The third-order valence-electron chi connectivity index (χ3n) is 7.04. The van der Waals surface area contributed by atoms with Crippen molar-refractivity contribution in [3.05, 3.63) is 0 Å². The molecule has 1 heterocycles. The zero-order valence-electron chi connectivity index (χ0n) is 18.5. The number of aliphatic hydroxyl groups is 1. The van der Waals surface area contributed by atoms with Crippen molar-refractivity contribution in [1.82, 2.24) is 0 Å². The first kappa shape index (κ1) is 25.2. The zero-order chi connectivity index (χ0) is 22.5. The van der Waals surface area contributed by atoms with E-state index in [4.69, 9.17) is 4.74 Å². The van der Waals surface area contributed by atoms with Gasteiger partial charge in [0.2, 0.25) is 5.79 Å². The van der Waals surface area contributed by atoms with E-state index in [0.29, 0.717) is 32.1 Å². The van der Waals surface area contributed by atoms with E-state index in [0.717, 1.165) is 19.3 Å². The number of carboxylic acid groups (broad SMARTS) is 1. The first-order valence-corrected chi connectivity index (χ1v) is 11.6. The van der Waals surface area contributed by atoms with Gasteiger partial charge in [0, 0.05) is 25.2 Å². The Hall–Kier alpha value is -1.08. The number of carbonyl (C=O) groups is 2. The van der Waals surface area contributed by atoms with E-state index in [9.17, 15) is 28.6 Å². The van der Waals surface area contributed by atoms with Gasteiger partial charge in [0.05, 0.1) is 12.0 Å². The molecule has 5 nitrogen and oxygen atoms in total. The van der Waals surface area contributed by atoms with Crippen LogP contribution in [-0.2, 0) is 14.3 Å². The summed E-state index contributed by atoms with van der Waals surface area (Å²) in [6.07, 6.45) is 3.94. The number of halogens is 2. The Bertz CT molecular complexity index is 594. The standard InChI is InChI=1S/C23H38F2O5/c1-4-5-12-22(24,25)23(29)13-11-18-17(19(26)14-20(18)30-23)10-8-6-7-9-16(15(2)3)21(27)28/h15-18,20,29H,4-14H2,1-3H3,(H,27,28)/t16?,17-,18-,20-,23-/m1/s1. The van der Waals surface area contributed by atoms with Gasteiger partial charge in [-0.2, -0.15) is 0 Å². The van der Waals surface area contributed by atoms with Crippen LogP contribution in [0.4, 0.5) is 8.78 Å². The van der Waals surface area contributed by atoms with Gasteiger partial charge in [0.25, 0.3) is 0 Å². The summed E-state index contributed by atoms with van der Waals surface area (Å²) in [6, 6.07) is 0. The fraction of sp³-hybridized carbons (Fsp3) is 0.913. The van der Waals surface area contributed by atoms with Crippen LogP contribution >= 0.6 is 0 Å². The molecule has 2 N–H and O–H groups in total. The molecular formula is C23H38F2O5. The molecule has 1 unspecified atom stereocenters. The summed E-state index contributed by atoms with van der Waals surface area (Å²) in [5.74, 6) is -7.08. The molecule has 174 valence electrons. The minimum Gasteiger partial charge on any atom is -0.481 e. The Labute approximate surface area is 178 Å². The normalized spacial score (nSPS) is 30.5. The molecule has 2 aliphatic rings. The minimum atomic E-state index is -3.31. The molecule has 30 heavy (non-hydrogen) atoms. The van der Waals surface area contributed by atoms with Crippen LogP contribution in [0, 0.1) is 23.7 Å². The van der Waals surface area contributed by atoms with Crippen LogP contribution in [0.1, 0.15) is 91.4 Å². The minimum absolute atomic E-state index is 0.0386. The van der Waals surface area contributed by atoms with Gasteiger partial charge >= 0.3 is 11.9 Å². The number of aliphatic carboxylic acids is 1. The van der Waals surface area contributed by atoms with Crippen LogP contribution in [0.15, 0.2) is 0 Å². The van der Waals surface area contributed by atoms with Gasteiger partial charge in [0.15, 0.2) is 0 Å². The molecule has 1 aliphatic heterocycles. The molecule has 2 rings (SSSR count). The summed E-state index contributed by atoms with van der Waals surface area (Å²) in [7, 11) is 0. The molecule has 0 radical (unpaired) electrons. The van der Waals surface area contributed by atoms with Gasteiger partial charge in [-0.15, -0.1) is 0 Å². The van der Waals surface area contributed by atoms with Crippen molar-refractivity contribution in [3.63, 3.8) is 0 Å². The monoisotopic (exact) mass is 432 g/mol. The molecule has 5 atom stereocenters. The number of unbranched alkanes of at least 4 members (excludes halogenated alkanes) is 3. The number of ether oxygens (including phenoxy) is 1. The van der Waals surface area contributed by atoms with Gasteiger partial charge < -0.3 is 14.9 Å². The maximum atomic E-state index is 14.5. The Balaban J connectivity index is 1.84. The van der Waals surface area contributed by atoms with Gasteiger partial charge in [0.1, 0.15) is 5.78 Å². The molecule has 0 spiro atoms. The SMILES string of the molecule is CCCCC(F)(F)[C@@]1(O)CC[C@H]2[C@@H](CC(=O)[C@@H]2CCCCCC(C(=O)O)C(C)C)O1. The van der Waals surface area contributed by atoms with Crippen molar-refractivity contribution in [2.24, 2.45) is 23.7 Å². The van der Waals surface area contributed by atoms with Gasteiger partial charge in [-0.25, -0.2) is 8.78 Å². The van der Waals surface area contributed by atoms with Crippen LogP contribution in [-0.4, -0.2) is 39.8 Å². The molecule has 2 fully saturated rings. The molecule has 0 aromatic heterocycles. The number of carbonyl (C=O) groups excluding carboxylic acids is 1. The lowest BCUT2D eigenvalue weighted by Crippen LogP contribution is -2.55. The smallest absolute Gasteiger partial charge is 0.306 e. The second-order valence-electron chi connectivity index (χ2n) is 9.55. The van der Waals surface area contributed by atoms with Crippen LogP contribution in [0.3, 0.4) is 0 Å². The van der Waals surface area contributed by atoms with Crippen LogP contribution in [0.5, 0.6) is 0 Å². The summed E-state index contributed by atoms with van der Waals surface area (Å²) in [4.78, 5) is 23.8. The highest BCUT2D eigenvalue weighted by Crippen LogP contribution is 2.49. The first-order chi connectivity index (χ1) is 14.0. The highest BCUT2D eigenvalue weighted by molar-refractivity contribution is 5.84. The second-order valence-corrected chi connectivity index (χ2v) is 9.55. The maximum Gasteiger partial charge on any atom is 0.306 e. The first-order valence-electron chi connectivity index (χ1n) is 11.6. The predicted molar refractivity (Wildman–Crippen MR) is 109 cm³/mol. The van der Waals surface area contributed by atoms with Crippen molar-refractivity contribution < 1.29 is 33.3 Å². The maximum absolute atomic E-state index is 14.5. The third-order valence-corrected chi connectivity index (χ3v) is 7.04. The summed E-state index contributed by atoms with van der Waals surface area (Å²) in [6.45, 7) is 5.64. The second kappa shape index (κ2) is 10.5. The molecule has 1 aliphatic carbocycles. The van der Waals surface area contributed by atoms with Crippen molar-refractivity contribution in [1.29, 1.82) is 0 Å². The predicted octanol–water partition coefficient (Wildman–Crippen LogP) is 5.19. The Morgan fingerprint density at radius 2 is 1.97 bits per heavy atom. The van der Waals surface area contributed by atoms with Gasteiger partial charge in [-0.05, 0) is 37.5 Å². The lowest BCUT2D eigenvalue weighted by molar-refractivity contribution is -0.356. The van der Waals surface area contributed by atoms with E-state index in [-0.39, 0.29) is 42.3 Å². The lowest BCUT2D eigenvalue weighted by atomic mass is 9.81. The van der Waals surface area contributed by atoms with Crippen LogP contribution < -0.4 is 0 Å². The molecule has 1 saturated carbocycles. The van der Waals surface area contributed by atoms with E-state index in [1.165, 1.54) is 0 Å². The fourth-order valence-corrected chi connectivity index (χ4v) is 5.07. The number of ketones is 1. The van der Waals surface area contributed by atoms with Crippen molar-refractivity contribution in [3.8, 4) is 0 Å². The Morgan fingerprint density at radius 3 is 2.57 bits per heavy atom. The summed E-state index contributed by atoms with van der Waals surface area (Å²) in [5, 5.41) is 19.8. The molecular weight excluding hydrogens is 394 g/mol. The number of alkyl halides is 2. The zero-order valence-corrected chi connectivity index (χ0v) is 18.5. The summed E-state index contributed by atoms with van der Waals surface area (Å²) >= 11 is 0. The number of fused-ring (bicyclic) bond motifs is 1. The average molecular weight is 433 g/mol. The number of hydrogen-bond acceptors (Lipinski definition) is 4. The topological polar surface area (TPSA) is 83.8 Å². The highest BCUT2D eigenvalue weighted by atomic mass is 19.3. The van der Waals surface area contributed by atoms with E-state index >= 15 is 0 Å². The molecule has 0 bridgehead atoms. The summed E-state index contributed by atoms with van der Waals surface area (Å²) < 4.78 is 34.5. The quantitative estimate of drug-likeness (QED) is 0.415. The highest BCUT2D eigenvalue weighted by Gasteiger charge is 2.59. The molecule has 0 amide bonds.